The normalized spacial score (nSPS) is 18.6. The van der Waals surface area contributed by atoms with E-state index in [1.165, 1.54) is 4.91 Å². The summed E-state index contributed by atoms with van der Waals surface area (Å²) in [4.78, 5) is 23.5. The number of thioether (sulfide) groups is 1. The van der Waals surface area contributed by atoms with Gasteiger partial charge in [0.05, 0.1) is 16.8 Å². The number of fused-ring (bicyclic) bond motifs is 1. The first-order valence-corrected chi connectivity index (χ1v) is 9.83. The predicted molar refractivity (Wildman–Crippen MR) is 105 cm³/mol. The zero-order valence-corrected chi connectivity index (χ0v) is 15.6. The molecule has 2 aliphatic heterocycles. The van der Waals surface area contributed by atoms with Crippen molar-refractivity contribution in [1.29, 1.82) is 0 Å². The Balaban J connectivity index is 1.79. The van der Waals surface area contributed by atoms with Crippen molar-refractivity contribution in [3.63, 3.8) is 0 Å². The maximum absolute atomic E-state index is 13.3. The number of benzene rings is 1. The van der Waals surface area contributed by atoms with Gasteiger partial charge in [-0.3, -0.25) is 4.79 Å². The van der Waals surface area contributed by atoms with Crippen LogP contribution >= 0.6 is 11.8 Å². The second kappa shape index (κ2) is 6.81. The summed E-state index contributed by atoms with van der Waals surface area (Å²) in [5.41, 5.74) is 3.80. The van der Waals surface area contributed by atoms with Crippen LogP contribution in [0.25, 0.3) is 15.8 Å². The number of carbonyl (C=O) groups excluding carboxylic acids is 1. The number of carbonyl (C=O) groups is 1. The number of likely N-dealkylation sites (N-methyl/N-ethyl adjacent to an activating group) is 1. The van der Waals surface area contributed by atoms with Crippen LogP contribution in [-0.2, 0) is 0 Å². The summed E-state index contributed by atoms with van der Waals surface area (Å²) in [5.74, 6) is 1.24. The van der Waals surface area contributed by atoms with E-state index in [0.717, 1.165) is 66.1 Å². The molecule has 0 unspecified atom stereocenters. The highest BCUT2D eigenvalue weighted by atomic mass is 32.2. The summed E-state index contributed by atoms with van der Waals surface area (Å²) in [6.45, 7) is 5.51. The number of aryl methyl sites for hydroxylation is 1. The Kier molecular flexibility index (Phi) is 4.52. The smallest absolute Gasteiger partial charge is 0.254 e. The molecule has 4 nitrogen and oxygen atoms in total. The number of amides is 1. The van der Waals surface area contributed by atoms with Crippen LogP contribution in [-0.4, -0.2) is 59.7 Å². The first-order chi connectivity index (χ1) is 12.1. The Morgan fingerprint density at radius 1 is 1.16 bits per heavy atom. The first kappa shape index (κ1) is 16.6. The van der Waals surface area contributed by atoms with E-state index in [2.05, 4.69) is 37.1 Å². The highest BCUT2D eigenvalue weighted by molar-refractivity contribution is 8.08. The molecule has 3 heterocycles. The average molecular weight is 353 g/mol. The molecule has 2 aromatic rings. The van der Waals surface area contributed by atoms with Gasteiger partial charge < -0.3 is 9.80 Å². The van der Waals surface area contributed by atoms with Crippen LogP contribution < -0.4 is 0 Å². The summed E-state index contributed by atoms with van der Waals surface area (Å²) in [5, 5.41) is 0.969. The van der Waals surface area contributed by atoms with Crippen molar-refractivity contribution < 1.29 is 4.79 Å². The summed E-state index contributed by atoms with van der Waals surface area (Å²) >= 11 is 1.83. The van der Waals surface area contributed by atoms with Gasteiger partial charge >= 0.3 is 0 Å². The van der Waals surface area contributed by atoms with Crippen molar-refractivity contribution >= 4 is 33.5 Å². The molecule has 0 N–H and O–H groups in total. The molecule has 25 heavy (non-hydrogen) atoms. The van der Waals surface area contributed by atoms with Crippen molar-refractivity contribution in [3.8, 4) is 0 Å². The molecule has 4 rings (SSSR count). The molecule has 1 amide bonds. The van der Waals surface area contributed by atoms with Crippen molar-refractivity contribution in [2.75, 3.05) is 39.0 Å². The van der Waals surface area contributed by atoms with Gasteiger partial charge in [0.25, 0.3) is 5.91 Å². The SMILES string of the molecule is Cc1ccc2nc(C3=CCCS3)cc(C(=O)N3CCN(C)CC3)c2c1. The fourth-order valence-corrected chi connectivity index (χ4v) is 4.36. The van der Waals surface area contributed by atoms with E-state index in [4.69, 9.17) is 4.98 Å². The summed E-state index contributed by atoms with van der Waals surface area (Å²) < 4.78 is 0. The molecule has 2 aliphatic rings. The molecule has 0 atom stereocenters. The molecular weight excluding hydrogens is 330 g/mol. The molecule has 5 heteroatoms. The molecule has 0 bridgehead atoms. The largest absolute Gasteiger partial charge is 0.336 e. The number of nitrogens with zero attached hydrogens (tertiary/aromatic N) is 3. The van der Waals surface area contributed by atoms with E-state index in [1.807, 2.05) is 28.8 Å². The molecule has 1 saturated heterocycles. The van der Waals surface area contributed by atoms with Crippen LogP contribution in [0.1, 0.15) is 28.0 Å². The van der Waals surface area contributed by atoms with Crippen LogP contribution in [0.5, 0.6) is 0 Å². The standard InChI is InChI=1S/C20H23N3OS/c1-14-5-6-17-15(12-14)16(13-18(21-17)19-4-3-11-25-19)20(24)23-9-7-22(2)8-10-23/h4-6,12-13H,3,7-11H2,1-2H3. The summed E-state index contributed by atoms with van der Waals surface area (Å²) in [6, 6.07) is 8.20. The molecule has 1 aromatic heterocycles. The minimum atomic E-state index is 0.135. The molecule has 0 saturated carbocycles. The summed E-state index contributed by atoms with van der Waals surface area (Å²) in [6.07, 6.45) is 3.31. The van der Waals surface area contributed by atoms with E-state index in [-0.39, 0.29) is 5.91 Å². The number of rotatable bonds is 2. The Labute approximate surface area is 152 Å². The molecule has 0 aliphatic carbocycles. The van der Waals surface area contributed by atoms with Crippen LogP contribution in [0, 0.1) is 6.92 Å². The van der Waals surface area contributed by atoms with E-state index < -0.39 is 0 Å². The number of piperazine rings is 1. The fraction of sp³-hybridized carbons (Fsp3) is 0.400. The van der Waals surface area contributed by atoms with Crippen LogP contribution in [0.4, 0.5) is 0 Å². The van der Waals surface area contributed by atoms with Gasteiger partial charge in [-0.2, -0.15) is 0 Å². The number of allylic oxidation sites excluding steroid dienone is 1. The van der Waals surface area contributed by atoms with E-state index in [9.17, 15) is 4.79 Å². The van der Waals surface area contributed by atoms with E-state index >= 15 is 0 Å². The van der Waals surface area contributed by atoms with Gasteiger partial charge in [0.15, 0.2) is 0 Å². The zero-order valence-electron chi connectivity index (χ0n) is 14.8. The number of hydrogen-bond acceptors (Lipinski definition) is 4. The van der Waals surface area contributed by atoms with Gasteiger partial charge in [-0.15, -0.1) is 11.8 Å². The van der Waals surface area contributed by atoms with Crippen LogP contribution in [0.3, 0.4) is 0 Å². The Bertz CT molecular complexity index is 853. The summed E-state index contributed by atoms with van der Waals surface area (Å²) in [7, 11) is 2.11. The van der Waals surface area contributed by atoms with Crippen molar-refractivity contribution in [2.45, 2.75) is 13.3 Å². The van der Waals surface area contributed by atoms with Gasteiger partial charge in [-0.1, -0.05) is 17.7 Å². The minimum Gasteiger partial charge on any atom is -0.336 e. The Morgan fingerprint density at radius 3 is 2.68 bits per heavy atom. The van der Waals surface area contributed by atoms with E-state index in [0.29, 0.717) is 0 Å². The number of hydrogen-bond donors (Lipinski definition) is 0. The highest BCUT2D eigenvalue weighted by Crippen LogP contribution is 2.35. The molecule has 0 spiro atoms. The minimum absolute atomic E-state index is 0.135. The van der Waals surface area contributed by atoms with Crippen molar-refractivity contribution in [3.05, 3.63) is 47.2 Å². The first-order valence-electron chi connectivity index (χ1n) is 8.84. The average Bonchev–Trinajstić information content (AvgIpc) is 3.15. The second-order valence-electron chi connectivity index (χ2n) is 6.88. The molecule has 1 fully saturated rings. The number of aromatic nitrogens is 1. The molecule has 130 valence electrons. The molecule has 0 radical (unpaired) electrons. The van der Waals surface area contributed by atoms with E-state index in [1.54, 1.807) is 0 Å². The zero-order chi connectivity index (χ0) is 17.4. The van der Waals surface area contributed by atoms with Crippen molar-refractivity contribution in [1.82, 2.24) is 14.8 Å². The monoisotopic (exact) mass is 353 g/mol. The lowest BCUT2D eigenvalue weighted by Gasteiger charge is -2.32. The third-order valence-corrected chi connectivity index (χ3v) is 6.07. The highest BCUT2D eigenvalue weighted by Gasteiger charge is 2.23. The lowest BCUT2D eigenvalue weighted by Crippen LogP contribution is -2.47. The number of pyridine rings is 1. The van der Waals surface area contributed by atoms with Gasteiger partial charge in [-0.25, -0.2) is 4.98 Å². The maximum Gasteiger partial charge on any atom is 0.254 e. The van der Waals surface area contributed by atoms with Crippen LogP contribution in [0.2, 0.25) is 0 Å². The van der Waals surface area contributed by atoms with Crippen LogP contribution in [0.15, 0.2) is 30.3 Å². The topological polar surface area (TPSA) is 36.4 Å². The quantitative estimate of drug-likeness (QED) is 0.829. The Morgan fingerprint density at radius 2 is 1.96 bits per heavy atom. The third-order valence-electron chi connectivity index (χ3n) is 4.94. The lowest BCUT2D eigenvalue weighted by molar-refractivity contribution is 0.0666. The third kappa shape index (κ3) is 3.31. The Hall–Kier alpha value is -1.85. The van der Waals surface area contributed by atoms with Gasteiger partial charge in [-0.05, 0) is 38.6 Å². The van der Waals surface area contributed by atoms with Gasteiger partial charge in [0.2, 0.25) is 0 Å². The second-order valence-corrected chi connectivity index (χ2v) is 8.01. The fourth-order valence-electron chi connectivity index (χ4n) is 3.42. The predicted octanol–water partition coefficient (Wildman–Crippen LogP) is 3.41. The lowest BCUT2D eigenvalue weighted by atomic mass is 10.0. The maximum atomic E-state index is 13.3. The van der Waals surface area contributed by atoms with Gasteiger partial charge in [0, 0.05) is 42.2 Å². The molecular formula is C20H23N3OS. The van der Waals surface area contributed by atoms with Gasteiger partial charge in [0.1, 0.15) is 0 Å². The van der Waals surface area contributed by atoms with Crippen molar-refractivity contribution in [2.24, 2.45) is 0 Å². The molecule has 1 aromatic carbocycles.